The number of nitrogens with zero attached hydrogens (tertiary/aromatic N) is 3. The van der Waals surface area contributed by atoms with Gasteiger partial charge in [-0.3, -0.25) is 4.79 Å². The van der Waals surface area contributed by atoms with Gasteiger partial charge in [-0.2, -0.15) is 4.98 Å². The van der Waals surface area contributed by atoms with Gasteiger partial charge in [-0.15, -0.1) is 0 Å². The van der Waals surface area contributed by atoms with Crippen molar-refractivity contribution >= 4 is 17.5 Å². The number of rotatable bonds is 7. The molecule has 8 heteroatoms. The lowest BCUT2D eigenvalue weighted by Gasteiger charge is -2.25. The maximum Gasteiger partial charge on any atom is 0.259 e. The topological polar surface area (TPSA) is 81.6 Å². The summed E-state index contributed by atoms with van der Waals surface area (Å²) in [5, 5.41) is 4.72. The molecule has 2 aromatic carbocycles. The highest BCUT2D eigenvalue weighted by atomic mass is 35.5. The van der Waals surface area contributed by atoms with Crippen LogP contribution in [0.3, 0.4) is 0 Å². The lowest BCUT2D eigenvalue weighted by molar-refractivity contribution is 0.0492. The van der Waals surface area contributed by atoms with Gasteiger partial charge < -0.3 is 18.6 Å². The number of halogens is 1. The van der Waals surface area contributed by atoms with Gasteiger partial charge in [-0.25, -0.2) is 0 Å². The molecule has 5 rings (SSSR count). The molecule has 7 nitrogen and oxygen atoms in total. The van der Waals surface area contributed by atoms with E-state index in [1.165, 1.54) is 0 Å². The van der Waals surface area contributed by atoms with Crippen LogP contribution in [0.25, 0.3) is 22.8 Å². The summed E-state index contributed by atoms with van der Waals surface area (Å²) in [6.45, 7) is 1.55. The minimum Gasteiger partial charge on any atom is -0.467 e. The summed E-state index contributed by atoms with van der Waals surface area (Å²) < 4.78 is 16.8. The molecule has 33 heavy (non-hydrogen) atoms. The first kappa shape index (κ1) is 21.4. The van der Waals surface area contributed by atoms with E-state index < -0.39 is 0 Å². The molecular formula is C25H22ClN3O4. The predicted molar refractivity (Wildman–Crippen MR) is 123 cm³/mol. The molecule has 4 aromatic rings. The van der Waals surface area contributed by atoms with Crippen LogP contribution in [0.5, 0.6) is 0 Å². The van der Waals surface area contributed by atoms with Crippen molar-refractivity contribution in [3.05, 3.63) is 83.3 Å². The van der Waals surface area contributed by atoms with Gasteiger partial charge in [0, 0.05) is 23.7 Å². The molecular weight excluding hydrogens is 442 g/mol. The number of furan rings is 1. The van der Waals surface area contributed by atoms with E-state index in [4.69, 9.17) is 25.3 Å². The monoisotopic (exact) mass is 463 g/mol. The van der Waals surface area contributed by atoms with E-state index in [0.717, 1.165) is 25.0 Å². The Morgan fingerprint density at radius 3 is 2.70 bits per heavy atom. The molecule has 1 atom stereocenters. The number of carbonyl (C=O) groups is 1. The molecule has 0 spiro atoms. The number of aromatic nitrogens is 2. The van der Waals surface area contributed by atoms with Crippen LogP contribution in [-0.4, -0.2) is 40.2 Å². The zero-order chi connectivity index (χ0) is 22.6. The van der Waals surface area contributed by atoms with Crippen LogP contribution >= 0.6 is 11.6 Å². The second kappa shape index (κ2) is 9.60. The first-order valence-corrected chi connectivity index (χ1v) is 11.2. The fourth-order valence-corrected chi connectivity index (χ4v) is 4.05. The van der Waals surface area contributed by atoms with Crippen LogP contribution < -0.4 is 0 Å². The van der Waals surface area contributed by atoms with Crippen LogP contribution in [0.1, 0.15) is 29.0 Å². The third-order valence-corrected chi connectivity index (χ3v) is 5.83. The van der Waals surface area contributed by atoms with Gasteiger partial charge in [0.1, 0.15) is 5.76 Å². The van der Waals surface area contributed by atoms with Crippen molar-refractivity contribution in [3.8, 4) is 22.8 Å². The molecule has 0 unspecified atom stereocenters. The highest BCUT2D eigenvalue weighted by molar-refractivity contribution is 6.30. The third-order valence-electron chi connectivity index (χ3n) is 5.58. The van der Waals surface area contributed by atoms with Crippen LogP contribution in [-0.2, 0) is 11.3 Å². The number of hydrogen-bond acceptors (Lipinski definition) is 6. The fourth-order valence-electron chi connectivity index (χ4n) is 3.92. The molecule has 1 saturated heterocycles. The molecule has 1 amide bonds. The lowest BCUT2D eigenvalue weighted by Crippen LogP contribution is -2.37. The minimum absolute atomic E-state index is 0.0102. The van der Waals surface area contributed by atoms with Crippen molar-refractivity contribution in [3.63, 3.8) is 0 Å². The van der Waals surface area contributed by atoms with Crippen molar-refractivity contribution in [1.29, 1.82) is 0 Å². The first-order chi connectivity index (χ1) is 16.2. The number of ether oxygens (including phenoxy) is 1. The second-order valence-electron chi connectivity index (χ2n) is 7.88. The predicted octanol–water partition coefficient (Wildman–Crippen LogP) is 5.47. The smallest absolute Gasteiger partial charge is 0.259 e. The molecule has 168 valence electrons. The summed E-state index contributed by atoms with van der Waals surface area (Å²) in [4.78, 5) is 20.0. The Morgan fingerprint density at radius 2 is 1.94 bits per heavy atom. The zero-order valence-corrected chi connectivity index (χ0v) is 18.6. The van der Waals surface area contributed by atoms with Gasteiger partial charge in [-0.1, -0.05) is 28.9 Å². The molecule has 2 aromatic heterocycles. The number of hydrogen-bond donors (Lipinski definition) is 0. The van der Waals surface area contributed by atoms with Crippen molar-refractivity contribution < 1.29 is 18.5 Å². The normalized spacial score (nSPS) is 15.6. The van der Waals surface area contributed by atoms with Crippen molar-refractivity contribution in [2.75, 3.05) is 13.2 Å². The number of amides is 1. The molecule has 1 fully saturated rings. The maximum absolute atomic E-state index is 13.7. The second-order valence-corrected chi connectivity index (χ2v) is 8.31. The first-order valence-electron chi connectivity index (χ1n) is 10.8. The van der Waals surface area contributed by atoms with E-state index in [0.29, 0.717) is 40.8 Å². The average Bonchev–Trinajstić information content (AvgIpc) is 3.62. The summed E-state index contributed by atoms with van der Waals surface area (Å²) in [7, 11) is 0. The Balaban J connectivity index is 1.45. The molecule has 0 aliphatic carbocycles. The van der Waals surface area contributed by atoms with Crippen LogP contribution in [0.2, 0.25) is 5.02 Å². The molecule has 1 aliphatic heterocycles. The third kappa shape index (κ3) is 4.84. The minimum atomic E-state index is -0.149. The summed E-state index contributed by atoms with van der Waals surface area (Å²) in [5.41, 5.74) is 1.83. The van der Waals surface area contributed by atoms with Gasteiger partial charge in [0.25, 0.3) is 11.8 Å². The van der Waals surface area contributed by atoms with Gasteiger partial charge in [-0.05, 0) is 61.4 Å². The van der Waals surface area contributed by atoms with Crippen LogP contribution in [0, 0.1) is 0 Å². The highest BCUT2D eigenvalue weighted by Crippen LogP contribution is 2.28. The van der Waals surface area contributed by atoms with Crippen LogP contribution in [0.4, 0.5) is 0 Å². The fraction of sp³-hybridized carbons (Fsp3) is 0.240. The number of benzene rings is 2. The summed E-state index contributed by atoms with van der Waals surface area (Å²) in [6.07, 6.45) is 3.54. The zero-order valence-electron chi connectivity index (χ0n) is 17.8. The Morgan fingerprint density at radius 1 is 1.09 bits per heavy atom. The Hall–Kier alpha value is -3.42. The Kier molecular flexibility index (Phi) is 6.24. The van der Waals surface area contributed by atoms with E-state index in [-0.39, 0.29) is 17.9 Å². The molecule has 0 bridgehead atoms. The van der Waals surface area contributed by atoms with E-state index in [9.17, 15) is 4.79 Å². The van der Waals surface area contributed by atoms with Crippen molar-refractivity contribution in [2.24, 2.45) is 0 Å². The van der Waals surface area contributed by atoms with E-state index in [1.807, 2.05) is 42.5 Å². The lowest BCUT2D eigenvalue weighted by atomic mass is 10.1. The molecule has 0 saturated carbocycles. The molecule has 1 aliphatic rings. The Labute approximate surface area is 195 Å². The van der Waals surface area contributed by atoms with Crippen LogP contribution in [0.15, 0.2) is 75.9 Å². The number of carbonyl (C=O) groups excluding carboxylic acids is 1. The average molecular weight is 464 g/mol. The Bertz CT molecular complexity index is 1210. The van der Waals surface area contributed by atoms with E-state index >= 15 is 0 Å². The van der Waals surface area contributed by atoms with Crippen molar-refractivity contribution in [1.82, 2.24) is 15.0 Å². The molecule has 0 radical (unpaired) electrons. The SMILES string of the molecule is O=C(c1ccccc1-c1nc(-c2ccc(Cl)cc2)no1)N(Cc1ccco1)C[C@@H]1CCCO1. The highest BCUT2D eigenvalue weighted by Gasteiger charge is 2.27. The maximum atomic E-state index is 13.7. The van der Waals surface area contributed by atoms with Gasteiger partial charge in [0.2, 0.25) is 5.82 Å². The largest absolute Gasteiger partial charge is 0.467 e. The van der Waals surface area contributed by atoms with Gasteiger partial charge in [0.15, 0.2) is 0 Å². The molecule has 3 heterocycles. The standard InChI is InChI=1S/C25H22ClN3O4/c26-18-11-9-17(10-12-18)23-27-24(33-28-23)21-7-1-2-8-22(21)25(30)29(15-19-5-3-13-31-19)16-20-6-4-14-32-20/h1-3,5,7-13,20H,4,6,14-16H2/t20-/m0/s1. The van der Waals surface area contributed by atoms with E-state index in [2.05, 4.69) is 10.1 Å². The summed E-state index contributed by atoms with van der Waals surface area (Å²) in [6, 6.07) is 18.1. The molecule has 0 N–H and O–H groups in total. The van der Waals surface area contributed by atoms with Crippen molar-refractivity contribution in [2.45, 2.75) is 25.5 Å². The van der Waals surface area contributed by atoms with E-state index in [1.54, 1.807) is 29.4 Å². The van der Waals surface area contributed by atoms with Gasteiger partial charge in [0.05, 0.1) is 30.0 Å². The summed E-state index contributed by atoms with van der Waals surface area (Å²) >= 11 is 5.97. The van der Waals surface area contributed by atoms with Gasteiger partial charge >= 0.3 is 0 Å². The summed E-state index contributed by atoms with van der Waals surface area (Å²) in [5.74, 6) is 1.26. The quantitative estimate of drug-likeness (QED) is 0.361.